The van der Waals surface area contributed by atoms with E-state index in [4.69, 9.17) is 4.74 Å². The number of amides is 1. The summed E-state index contributed by atoms with van der Waals surface area (Å²) in [7, 11) is 1.61. The standard InChI is InChI=1S/C16H23N5O2S/c1-11-10-24-14(18-11)9-20-5-6-21-8-13(19-15(21)12(20)2)16(22)17-4-7-23-3/h8,10,12H,4-7,9H2,1-3H3,(H,17,22)/t12-/m1/s1. The van der Waals surface area contributed by atoms with Crippen molar-refractivity contribution in [3.63, 3.8) is 0 Å². The van der Waals surface area contributed by atoms with Gasteiger partial charge in [0.1, 0.15) is 16.5 Å². The lowest BCUT2D eigenvalue weighted by molar-refractivity contribution is 0.0932. The Kier molecular flexibility index (Phi) is 5.27. The van der Waals surface area contributed by atoms with Crippen molar-refractivity contribution in [1.29, 1.82) is 0 Å². The maximum absolute atomic E-state index is 12.2. The molecule has 8 heteroatoms. The first-order chi connectivity index (χ1) is 11.6. The maximum atomic E-state index is 12.2. The monoisotopic (exact) mass is 349 g/mol. The smallest absolute Gasteiger partial charge is 0.271 e. The van der Waals surface area contributed by atoms with Gasteiger partial charge in [0.25, 0.3) is 5.91 Å². The van der Waals surface area contributed by atoms with Gasteiger partial charge in [-0.25, -0.2) is 9.97 Å². The molecule has 130 valence electrons. The van der Waals surface area contributed by atoms with Crippen molar-refractivity contribution in [1.82, 2.24) is 24.8 Å². The number of carbonyl (C=O) groups is 1. The van der Waals surface area contributed by atoms with Crippen LogP contribution >= 0.6 is 11.3 Å². The number of hydrogen-bond donors (Lipinski definition) is 1. The van der Waals surface area contributed by atoms with E-state index in [-0.39, 0.29) is 11.9 Å². The van der Waals surface area contributed by atoms with Crippen LogP contribution in [0.2, 0.25) is 0 Å². The Hall–Kier alpha value is -1.77. The number of carbonyl (C=O) groups excluding carboxylic acids is 1. The molecule has 2 aromatic rings. The third kappa shape index (κ3) is 3.66. The van der Waals surface area contributed by atoms with Crippen molar-refractivity contribution in [2.45, 2.75) is 33.0 Å². The topological polar surface area (TPSA) is 72.3 Å². The van der Waals surface area contributed by atoms with Gasteiger partial charge < -0.3 is 14.6 Å². The summed E-state index contributed by atoms with van der Waals surface area (Å²) in [5.41, 5.74) is 1.54. The minimum atomic E-state index is -0.150. The molecule has 3 rings (SSSR count). The molecule has 1 aliphatic heterocycles. The second-order valence-corrected chi connectivity index (χ2v) is 6.90. The Labute approximate surface area is 145 Å². The number of ether oxygens (including phenoxy) is 1. The first-order valence-corrected chi connectivity index (χ1v) is 8.95. The minimum absolute atomic E-state index is 0.150. The van der Waals surface area contributed by atoms with Crippen molar-refractivity contribution < 1.29 is 9.53 Å². The van der Waals surface area contributed by atoms with Crippen LogP contribution in [0.25, 0.3) is 0 Å². The van der Waals surface area contributed by atoms with E-state index in [1.165, 1.54) is 0 Å². The van der Waals surface area contributed by atoms with E-state index >= 15 is 0 Å². The number of hydrogen-bond acceptors (Lipinski definition) is 6. The van der Waals surface area contributed by atoms with Crippen LogP contribution in [0, 0.1) is 6.92 Å². The minimum Gasteiger partial charge on any atom is -0.383 e. The zero-order valence-corrected chi connectivity index (χ0v) is 15.1. The van der Waals surface area contributed by atoms with Crippen molar-refractivity contribution in [2.75, 3.05) is 26.8 Å². The number of nitrogens with one attached hydrogen (secondary N) is 1. The van der Waals surface area contributed by atoms with Gasteiger partial charge in [-0.05, 0) is 13.8 Å². The maximum Gasteiger partial charge on any atom is 0.271 e. The molecule has 1 amide bonds. The molecule has 2 aromatic heterocycles. The number of aryl methyl sites for hydroxylation is 1. The number of rotatable bonds is 6. The molecule has 0 fully saturated rings. The van der Waals surface area contributed by atoms with Gasteiger partial charge in [-0.1, -0.05) is 0 Å². The van der Waals surface area contributed by atoms with Crippen molar-refractivity contribution in [3.8, 4) is 0 Å². The van der Waals surface area contributed by atoms with Gasteiger partial charge in [-0.3, -0.25) is 9.69 Å². The average Bonchev–Trinajstić information content (AvgIpc) is 3.17. The van der Waals surface area contributed by atoms with Crippen LogP contribution in [0.15, 0.2) is 11.6 Å². The van der Waals surface area contributed by atoms with Crippen LogP contribution in [0.4, 0.5) is 0 Å². The SMILES string of the molecule is COCCNC(=O)c1cn2c(n1)[C@@H](C)N(Cc1nc(C)cs1)CC2. The molecular formula is C16H23N5O2S. The molecule has 0 radical (unpaired) electrons. The zero-order valence-electron chi connectivity index (χ0n) is 14.3. The van der Waals surface area contributed by atoms with Crippen LogP contribution in [0.5, 0.6) is 0 Å². The molecule has 1 aliphatic rings. The lowest BCUT2D eigenvalue weighted by Crippen LogP contribution is -2.36. The first kappa shape index (κ1) is 17.1. The first-order valence-electron chi connectivity index (χ1n) is 8.07. The van der Waals surface area contributed by atoms with Crippen molar-refractivity contribution >= 4 is 17.2 Å². The molecule has 1 atom stereocenters. The van der Waals surface area contributed by atoms with Crippen LogP contribution in [-0.2, 0) is 17.8 Å². The molecule has 0 aromatic carbocycles. The highest BCUT2D eigenvalue weighted by Crippen LogP contribution is 2.27. The van der Waals surface area contributed by atoms with E-state index in [9.17, 15) is 4.79 Å². The van der Waals surface area contributed by atoms with Crippen LogP contribution < -0.4 is 5.32 Å². The molecule has 1 N–H and O–H groups in total. The molecule has 7 nitrogen and oxygen atoms in total. The zero-order chi connectivity index (χ0) is 17.1. The Bertz CT molecular complexity index is 711. The number of methoxy groups -OCH3 is 1. The van der Waals surface area contributed by atoms with Crippen molar-refractivity contribution in [3.05, 3.63) is 33.8 Å². The van der Waals surface area contributed by atoms with Gasteiger partial charge in [-0.2, -0.15) is 0 Å². The van der Waals surface area contributed by atoms with Crippen molar-refractivity contribution in [2.24, 2.45) is 0 Å². The predicted octanol–water partition coefficient (Wildman–Crippen LogP) is 1.60. The average molecular weight is 349 g/mol. The molecule has 3 heterocycles. The van der Waals surface area contributed by atoms with E-state index in [1.807, 2.05) is 13.1 Å². The van der Waals surface area contributed by atoms with Gasteiger partial charge in [0.2, 0.25) is 0 Å². The van der Waals surface area contributed by atoms with Crippen LogP contribution in [-0.4, -0.2) is 52.1 Å². The molecule has 0 spiro atoms. The van der Waals surface area contributed by atoms with E-state index in [1.54, 1.807) is 18.4 Å². The predicted molar refractivity (Wildman–Crippen MR) is 92.1 cm³/mol. The molecule has 0 saturated heterocycles. The Balaban J connectivity index is 1.68. The Morgan fingerprint density at radius 2 is 2.29 bits per heavy atom. The highest BCUT2D eigenvalue weighted by atomic mass is 32.1. The summed E-state index contributed by atoms with van der Waals surface area (Å²) in [5.74, 6) is 0.787. The summed E-state index contributed by atoms with van der Waals surface area (Å²) in [4.78, 5) is 23.6. The quantitative estimate of drug-likeness (QED) is 0.802. The summed E-state index contributed by atoms with van der Waals surface area (Å²) in [5, 5.41) is 6.01. The molecule has 0 aliphatic carbocycles. The summed E-state index contributed by atoms with van der Waals surface area (Å²) in [6.45, 7) is 7.71. The van der Waals surface area contributed by atoms with Crippen LogP contribution in [0.1, 0.15) is 40.0 Å². The van der Waals surface area contributed by atoms with Gasteiger partial charge in [-0.15, -0.1) is 11.3 Å². The number of aromatic nitrogens is 3. The lowest BCUT2D eigenvalue weighted by Gasteiger charge is -2.32. The Morgan fingerprint density at radius 1 is 1.46 bits per heavy atom. The van der Waals surface area contributed by atoms with Gasteiger partial charge in [0.15, 0.2) is 0 Å². The second-order valence-electron chi connectivity index (χ2n) is 5.96. The van der Waals surface area contributed by atoms with Gasteiger partial charge >= 0.3 is 0 Å². The molecular weight excluding hydrogens is 326 g/mol. The fourth-order valence-corrected chi connectivity index (χ4v) is 3.66. The highest BCUT2D eigenvalue weighted by Gasteiger charge is 2.28. The number of imidazole rings is 1. The molecule has 0 bridgehead atoms. The van der Waals surface area contributed by atoms with Crippen LogP contribution in [0.3, 0.4) is 0 Å². The highest BCUT2D eigenvalue weighted by molar-refractivity contribution is 7.09. The third-order valence-electron chi connectivity index (χ3n) is 4.19. The van der Waals surface area contributed by atoms with E-state index in [2.05, 4.69) is 37.1 Å². The summed E-state index contributed by atoms with van der Waals surface area (Å²) in [6, 6.07) is 0.156. The third-order valence-corrected chi connectivity index (χ3v) is 5.14. The number of thiazole rings is 1. The van der Waals surface area contributed by atoms with E-state index in [0.717, 1.165) is 36.2 Å². The molecule has 0 unspecified atom stereocenters. The number of nitrogens with zero attached hydrogens (tertiary/aromatic N) is 4. The largest absolute Gasteiger partial charge is 0.383 e. The van der Waals surface area contributed by atoms with E-state index in [0.29, 0.717) is 18.8 Å². The fourth-order valence-electron chi connectivity index (χ4n) is 2.87. The number of fused-ring (bicyclic) bond motifs is 1. The Morgan fingerprint density at radius 3 is 3.00 bits per heavy atom. The lowest BCUT2D eigenvalue weighted by atomic mass is 10.2. The summed E-state index contributed by atoms with van der Waals surface area (Å²) < 4.78 is 7.03. The summed E-state index contributed by atoms with van der Waals surface area (Å²) in [6.07, 6.45) is 1.85. The van der Waals surface area contributed by atoms with Gasteiger partial charge in [0, 0.05) is 44.0 Å². The fraction of sp³-hybridized carbons (Fsp3) is 0.562. The molecule has 0 saturated carbocycles. The molecule has 24 heavy (non-hydrogen) atoms. The van der Waals surface area contributed by atoms with E-state index < -0.39 is 0 Å². The summed E-state index contributed by atoms with van der Waals surface area (Å²) >= 11 is 1.69. The van der Waals surface area contributed by atoms with Gasteiger partial charge in [0.05, 0.1) is 19.2 Å². The normalized spacial score (nSPS) is 17.7. The second kappa shape index (κ2) is 7.42.